The first-order valence-corrected chi connectivity index (χ1v) is 14.8. The molecule has 0 unspecified atom stereocenters. The molecule has 0 saturated carbocycles. The SMILES string of the molecule is COc1ccc(N2CCN(c3cc(C(C)(C)C)nc(SCc4cccc(C(=O)N5CCCC5)c4)n3)CC2)cc1. The second-order valence-electron chi connectivity index (χ2n) is 11.3. The number of methoxy groups -OCH3 is 1. The molecule has 0 bridgehead atoms. The van der Waals surface area contributed by atoms with Gasteiger partial charge < -0.3 is 19.4 Å². The highest BCUT2D eigenvalue weighted by Gasteiger charge is 2.24. The van der Waals surface area contributed by atoms with Gasteiger partial charge in [0.15, 0.2) is 5.16 Å². The van der Waals surface area contributed by atoms with Crippen LogP contribution in [0.2, 0.25) is 0 Å². The lowest BCUT2D eigenvalue weighted by Gasteiger charge is -2.37. The van der Waals surface area contributed by atoms with Gasteiger partial charge in [0.05, 0.1) is 12.8 Å². The van der Waals surface area contributed by atoms with Crippen molar-refractivity contribution in [3.05, 3.63) is 71.4 Å². The molecule has 3 aromatic rings. The normalized spacial score (nSPS) is 16.1. The van der Waals surface area contributed by atoms with Crippen molar-refractivity contribution in [1.82, 2.24) is 14.9 Å². The van der Waals surface area contributed by atoms with Crippen LogP contribution in [-0.4, -0.2) is 67.2 Å². The maximum Gasteiger partial charge on any atom is 0.253 e. The van der Waals surface area contributed by atoms with Crippen molar-refractivity contribution in [3.8, 4) is 5.75 Å². The van der Waals surface area contributed by atoms with Crippen molar-refractivity contribution >= 4 is 29.2 Å². The zero-order chi connectivity index (χ0) is 27.4. The molecule has 0 atom stereocenters. The number of hydrogen-bond donors (Lipinski definition) is 0. The van der Waals surface area contributed by atoms with Crippen LogP contribution in [0.3, 0.4) is 0 Å². The third-order valence-corrected chi connectivity index (χ3v) is 8.36. The molecule has 2 aromatic carbocycles. The highest BCUT2D eigenvalue weighted by molar-refractivity contribution is 7.98. The molecule has 39 heavy (non-hydrogen) atoms. The number of piperazine rings is 1. The summed E-state index contributed by atoms with van der Waals surface area (Å²) in [5.41, 5.74) is 4.07. The predicted octanol–water partition coefficient (Wildman–Crippen LogP) is 5.64. The van der Waals surface area contributed by atoms with E-state index in [1.807, 2.05) is 35.2 Å². The molecule has 0 aliphatic carbocycles. The number of nitrogens with zero attached hydrogens (tertiary/aromatic N) is 5. The molecule has 2 aliphatic rings. The number of carbonyl (C=O) groups excluding carboxylic acids is 1. The Morgan fingerprint density at radius 2 is 1.59 bits per heavy atom. The number of likely N-dealkylation sites (tertiary alicyclic amines) is 1. The minimum atomic E-state index is -0.0834. The molecular weight excluding hydrogens is 506 g/mol. The molecule has 0 N–H and O–H groups in total. The van der Waals surface area contributed by atoms with Gasteiger partial charge in [-0.05, 0) is 54.8 Å². The Balaban J connectivity index is 1.28. The van der Waals surface area contributed by atoms with Gasteiger partial charge >= 0.3 is 0 Å². The Hall–Kier alpha value is -3.26. The van der Waals surface area contributed by atoms with Crippen LogP contribution in [0.25, 0.3) is 0 Å². The van der Waals surface area contributed by atoms with Crippen molar-refractivity contribution < 1.29 is 9.53 Å². The number of benzene rings is 2. The molecule has 2 aliphatic heterocycles. The average Bonchev–Trinajstić information content (AvgIpc) is 3.51. The zero-order valence-electron chi connectivity index (χ0n) is 23.5. The number of ether oxygens (including phenoxy) is 1. The predicted molar refractivity (Wildman–Crippen MR) is 159 cm³/mol. The third-order valence-electron chi connectivity index (χ3n) is 7.44. The maximum atomic E-state index is 12.9. The van der Waals surface area contributed by atoms with Crippen LogP contribution < -0.4 is 14.5 Å². The van der Waals surface area contributed by atoms with Gasteiger partial charge in [-0.1, -0.05) is 44.7 Å². The molecule has 1 aromatic heterocycles. The molecule has 7 nitrogen and oxygen atoms in total. The number of thioether (sulfide) groups is 1. The van der Waals surface area contributed by atoms with E-state index in [2.05, 4.69) is 54.8 Å². The summed E-state index contributed by atoms with van der Waals surface area (Å²) in [7, 11) is 1.70. The largest absolute Gasteiger partial charge is 0.497 e. The summed E-state index contributed by atoms with van der Waals surface area (Å²) in [6, 6.07) is 18.5. The molecule has 1 amide bonds. The molecule has 206 valence electrons. The average molecular weight is 546 g/mol. The summed E-state index contributed by atoms with van der Waals surface area (Å²) in [5.74, 6) is 2.73. The number of anilines is 2. The summed E-state index contributed by atoms with van der Waals surface area (Å²) in [5, 5.41) is 0.784. The van der Waals surface area contributed by atoms with Crippen LogP contribution in [0.15, 0.2) is 59.8 Å². The lowest BCUT2D eigenvalue weighted by atomic mass is 9.92. The van der Waals surface area contributed by atoms with E-state index in [1.54, 1.807) is 18.9 Å². The topological polar surface area (TPSA) is 61.8 Å². The molecule has 0 spiro atoms. The first-order chi connectivity index (χ1) is 18.8. The van der Waals surface area contributed by atoms with Gasteiger partial charge in [-0.3, -0.25) is 4.79 Å². The summed E-state index contributed by atoms with van der Waals surface area (Å²) >= 11 is 1.64. The Morgan fingerprint density at radius 3 is 2.26 bits per heavy atom. The van der Waals surface area contributed by atoms with Crippen molar-refractivity contribution in [2.45, 2.75) is 49.9 Å². The van der Waals surface area contributed by atoms with E-state index in [4.69, 9.17) is 14.7 Å². The van der Waals surface area contributed by atoms with E-state index in [-0.39, 0.29) is 11.3 Å². The van der Waals surface area contributed by atoms with Crippen LogP contribution in [0, 0.1) is 0 Å². The van der Waals surface area contributed by atoms with Crippen molar-refractivity contribution in [1.29, 1.82) is 0 Å². The summed E-state index contributed by atoms with van der Waals surface area (Å²) in [4.78, 5) is 29.5. The number of rotatable bonds is 7. The molecule has 2 saturated heterocycles. The second-order valence-corrected chi connectivity index (χ2v) is 12.2. The van der Waals surface area contributed by atoms with Crippen LogP contribution in [0.5, 0.6) is 5.75 Å². The van der Waals surface area contributed by atoms with E-state index in [0.29, 0.717) is 0 Å². The van der Waals surface area contributed by atoms with Crippen LogP contribution in [0.4, 0.5) is 11.5 Å². The fourth-order valence-electron chi connectivity index (χ4n) is 5.06. The minimum Gasteiger partial charge on any atom is -0.497 e. The lowest BCUT2D eigenvalue weighted by Crippen LogP contribution is -2.47. The van der Waals surface area contributed by atoms with Crippen molar-refractivity contribution in [3.63, 3.8) is 0 Å². The zero-order valence-corrected chi connectivity index (χ0v) is 24.3. The lowest BCUT2D eigenvalue weighted by molar-refractivity contribution is 0.0792. The van der Waals surface area contributed by atoms with Crippen molar-refractivity contribution in [2.24, 2.45) is 0 Å². The van der Waals surface area contributed by atoms with E-state index >= 15 is 0 Å². The Morgan fingerprint density at radius 1 is 0.897 bits per heavy atom. The highest BCUT2D eigenvalue weighted by Crippen LogP contribution is 2.30. The molecule has 8 heteroatoms. The Labute approximate surface area is 236 Å². The van der Waals surface area contributed by atoms with Crippen molar-refractivity contribution in [2.75, 3.05) is 56.2 Å². The molecule has 5 rings (SSSR count). The van der Waals surface area contributed by atoms with Gasteiger partial charge in [0, 0.05) is 67.8 Å². The molecule has 2 fully saturated rings. The van der Waals surface area contributed by atoms with Crippen LogP contribution in [-0.2, 0) is 11.2 Å². The maximum absolute atomic E-state index is 12.9. The van der Waals surface area contributed by atoms with E-state index in [1.165, 1.54) is 5.69 Å². The molecule has 3 heterocycles. The number of hydrogen-bond acceptors (Lipinski definition) is 7. The van der Waals surface area contributed by atoms with Gasteiger partial charge in [0.25, 0.3) is 5.91 Å². The fourth-order valence-corrected chi connectivity index (χ4v) is 5.85. The minimum absolute atomic E-state index is 0.0834. The first kappa shape index (κ1) is 27.3. The molecule has 0 radical (unpaired) electrons. The monoisotopic (exact) mass is 545 g/mol. The van der Waals surface area contributed by atoms with Crippen LogP contribution >= 0.6 is 11.8 Å². The quantitative estimate of drug-likeness (QED) is 0.281. The number of carbonyl (C=O) groups is 1. The molecular formula is C31H39N5O2S. The van der Waals surface area contributed by atoms with E-state index in [0.717, 1.165) is 91.4 Å². The van der Waals surface area contributed by atoms with Gasteiger partial charge in [0.1, 0.15) is 11.6 Å². The van der Waals surface area contributed by atoms with Gasteiger partial charge in [-0.25, -0.2) is 9.97 Å². The Kier molecular flexibility index (Phi) is 8.31. The van der Waals surface area contributed by atoms with Gasteiger partial charge in [-0.2, -0.15) is 0 Å². The second kappa shape index (κ2) is 11.9. The van der Waals surface area contributed by atoms with E-state index < -0.39 is 0 Å². The standard InChI is InChI=1S/C31H39N5O2S/c1-31(2,3)27-21-28(35-18-16-34(17-19-35)25-10-12-26(38-4)13-11-25)33-30(32-27)39-22-23-8-7-9-24(20-23)29(37)36-14-5-6-15-36/h7-13,20-21H,5-6,14-19,22H2,1-4H3. The van der Waals surface area contributed by atoms with Gasteiger partial charge in [-0.15, -0.1) is 0 Å². The highest BCUT2D eigenvalue weighted by atomic mass is 32.2. The Bertz CT molecular complexity index is 1280. The summed E-state index contributed by atoms with van der Waals surface area (Å²) in [6.45, 7) is 12.0. The number of amides is 1. The summed E-state index contributed by atoms with van der Waals surface area (Å²) in [6.07, 6.45) is 2.20. The summed E-state index contributed by atoms with van der Waals surface area (Å²) < 4.78 is 5.31. The first-order valence-electron chi connectivity index (χ1n) is 13.8. The third kappa shape index (κ3) is 6.67. The fraction of sp³-hybridized carbons (Fsp3) is 0.452. The number of aromatic nitrogens is 2. The van der Waals surface area contributed by atoms with Gasteiger partial charge in [0.2, 0.25) is 0 Å². The van der Waals surface area contributed by atoms with Crippen LogP contribution in [0.1, 0.15) is 55.2 Å². The van der Waals surface area contributed by atoms with E-state index in [9.17, 15) is 4.79 Å². The smallest absolute Gasteiger partial charge is 0.253 e.